The Morgan fingerprint density at radius 3 is 3.05 bits per heavy atom. The van der Waals surface area contributed by atoms with Crippen LogP contribution in [0.1, 0.15) is 12.8 Å². The summed E-state index contributed by atoms with van der Waals surface area (Å²) >= 11 is 1.76. The second kappa shape index (κ2) is 8.47. The van der Waals surface area contributed by atoms with Gasteiger partial charge in [-0.1, -0.05) is 11.8 Å². The van der Waals surface area contributed by atoms with Crippen LogP contribution in [0, 0.1) is 0 Å². The Labute approximate surface area is 117 Å². The molecule has 0 aliphatic carbocycles. The molecule has 1 aliphatic rings. The van der Waals surface area contributed by atoms with Crippen LogP contribution in [0.25, 0.3) is 0 Å². The van der Waals surface area contributed by atoms with Crippen LogP contribution < -0.4 is 5.32 Å². The number of hydrogen-bond acceptors (Lipinski definition) is 7. The third-order valence-corrected chi connectivity index (χ3v) is 4.23. The summed E-state index contributed by atoms with van der Waals surface area (Å²) in [7, 11) is 1.70. The van der Waals surface area contributed by atoms with E-state index in [9.17, 15) is 0 Å². The minimum atomic E-state index is 0.569. The fourth-order valence-electron chi connectivity index (χ4n) is 1.85. The molecule has 8 heteroatoms. The fraction of sp³-hybridized carbons (Fsp3) is 0.909. The van der Waals surface area contributed by atoms with E-state index in [1.54, 1.807) is 18.9 Å². The zero-order chi connectivity index (χ0) is 13.3. The quantitative estimate of drug-likeness (QED) is 0.684. The normalized spacial score (nSPS) is 16.9. The SMILES string of the molecule is COCCNCCn1nnnc1SC1CCOCC1. The predicted octanol–water partition coefficient (Wildman–Crippen LogP) is 0.180. The molecule has 1 saturated heterocycles. The molecule has 0 aromatic carbocycles. The van der Waals surface area contributed by atoms with Crippen molar-refractivity contribution in [1.82, 2.24) is 25.5 Å². The second-order valence-electron chi connectivity index (χ2n) is 4.36. The first-order valence-corrected chi connectivity index (χ1v) is 7.48. The molecule has 0 amide bonds. The summed E-state index contributed by atoms with van der Waals surface area (Å²) in [6.45, 7) is 4.88. The number of methoxy groups -OCH3 is 1. The summed E-state index contributed by atoms with van der Waals surface area (Å²) in [5.41, 5.74) is 0. The summed E-state index contributed by atoms with van der Waals surface area (Å²) in [5.74, 6) is 0. The van der Waals surface area contributed by atoms with Gasteiger partial charge in [0.05, 0.1) is 13.2 Å². The molecule has 7 nitrogen and oxygen atoms in total. The number of ether oxygens (including phenoxy) is 2. The highest BCUT2D eigenvalue weighted by Gasteiger charge is 2.18. The first-order chi connectivity index (χ1) is 9.40. The van der Waals surface area contributed by atoms with Crippen LogP contribution in [0.4, 0.5) is 0 Å². The van der Waals surface area contributed by atoms with Crippen molar-refractivity contribution in [2.24, 2.45) is 0 Å². The Kier molecular flexibility index (Phi) is 6.55. The summed E-state index contributed by atoms with van der Waals surface area (Å²) in [4.78, 5) is 0. The lowest BCUT2D eigenvalue weighted by atomic mass is 10.2. The number of nitrogens with zero attached hydrogens (tertiary/aromatic N) is 4. The molecule has 0 saturated carbocycles. The predicted molar refractivity (Wildman–Crippen MR) is 72.3 cm³/mol. The van der Waals surface area contributed by atoms with Crippen LogP contribution in [0.15, 0.2) is 5.16 Å². The molecule has 0 unspecified atom stereocenters. The van der Waals surface area contributed by atoms with Gasteiger partial charge in [0.1, 0.15) is 0 Å². The van der Waals surface area contributed by atoms with Crippen molar-refractivity contribution >= 4 is 11.8 Å². The lowest BCUT2D eigenvalue weighted by molar-refractivity contribution is 0.0999. The lowest BCUT2D eigenvalue weighted by Gasteiger charge is -2.20. The van der Waals surface area contributed by atoms with Crippen molar-refractivity contribution in [3.63, 3.8) is 0 Å². The van der Waals surface area contributed by atoms with Crippen molar-refractivity contribution in [3.05, 3.63) is 0 Å². The lowest BCUT2D eigenvalue weighted by Crippen LogP contribution is -2.24. The van der Waals surface area contributed by atoms with Gasteiger partial charge in [-0.05, 0) is 23.3 Å². The molecule has 108 valence electrons. The van der Waals surface area contributed by atoms with Crippen LogP contribution in [-0.2, 0) is 16.0 Å². The van der Waals surface area contributed by atoms with Gasteiger partial charge in [0, 0.05) is 38.7 Å². The van der Waals surface area contributed by atoms with E-state index < -0.39 is 0 Å². The Balaban J connectivity index is 1.73. The molecule has 19 heavy (non-hydrogen) atoms. The van der Waals surface area contributed by atoms with Gasteiger partial charge in [0.2, 0.25) is 5.16 Å². The van der Waals surface area contributed by atoms with E-state index in [1.807, 2.05) is 4.68 Å². The third kappa shape index (κ3) is 5.06. The molecular formula is C11H21N5O2S. The monoisotopic (exact) mass is 287 g/mol. The molecule has 0 radical (unpaired) electrons. The van der Waals surface area contributed by atoms with Gasteiger partial charge in [-0.2, -0.15) is 0 Å². The van der Waals surface area contributed by atoms with E-state index in [2.05, 4.69) is 20.8 Å². The number of hydrogen-bond donors (Lipinski definition) is 1. The fourth-order valence-corrected chi connectivity index (χ4v) is 2.91. The van der Waals surface area contributed by atoms with Gasteiger partial charge in [0.25, 0.3) is 0 Å². The van der Waals surface area contributed by atoms with Crippen LogP contribution in [0.5, 0.6) is 0 Å². The van der Waals surface area contributed by atoms with Crippen molar-refractivity contribution < 1.29 is 9.47 Å². The molecule has 0 bridgehead atoms. The van der Waals surface area contributed by atoms with Crippen molar-refractivity contribution in [2.45, 2.75) is 29.8 Å². The van der Waals surface area contributed by atoms with E-state index in [0.717, 1.165) is 57.5 Å². The van der Waals surface area contributed by atoms with Crippen molar-refractivity contribution in [2.75, 3.05) is 40.0 Å². The molecule has 0 atom stereocenters. The summed E-state index contributed by atoms with van der Waals surface area (Å²) in [5, 5.41) is 16.6. The largest absolute Gasteiger partial charge is 0.383 e. The average Bonchev–Trinajstić information content (AvgIpc) is 2.87. The number of rotatable bonds is 8. The molecular weight excluding hydrogens is 266 g/mol. The number of aromatic nitrogens is 4. The van der Waals surface area contributed by atoms with Gasteiger partial charge >= 0.3 is 0 Å². The Hall–Kier alpha value is -0.700. The molecule has 0 spiro atoms. The Morgan fingerprint density at radius 2 is 2.26 bits per heavy atom. The van der Waals surface area contributed by atoms with Crippen molar-refractivity contribution in [1.29, 1.82) is 0 Å². The maximum atomic E-state index is 5.36. The molecule has 2 rings (SSSR count). The minimum absolute atomic E-state index is 0.569. The number of tetrazole rings is 1. The molecule has 2 heterocycles. The van der Waals surface area contributed by atoms with Crippen LogP contribution in [-0.4, -0.2) is 65.5 Å². The van der Waals surface area contributed by atoms with E-state index in [-0.39, 0.29) is 0 Å². The van der Waals surface area contributed by atoms with Gasteiger partial charge in [-0.15, -0.1) is 5.10 Å². The first-order valence-electron chi connectivity index (χ1n) is 6.60. The number of nitrogens with one attached hydrogen (secondary N) is 1. The standard InChI is InChI=1S/C11H21N5O2S/c1-17-9-5-12-4-6-16-11(13-14-15-16)19-10-2-7-18-8-3-10/h10,12H,2-9H2,1H3. The maximum absolute atomic E-state index is 5.36. The Bertz CT molecular complexity index is 357. The molecule has 1 fully saturated rings. The van der Waals surface area contributed by atoms with Gasteiger partial charge in [-0.25, -0.2) is 4.68 Å². The zero-order valence-corrected chi connectivity index (χ0v) is 12.1. The molecule has 1 aliphatic heterocycles. The van der Waals surface area contributed by atoms with E-state index in [1.165, 1.54) is 0 Å². The summed E-state index contributed by atoms with van der Waals surface area (Å²) < 4.78 is 12.2. The highest BCUT2D eigenvalue weighted by atomic mass is 32.2. The maximum Gasteiger partial charge on any atom is 0.209 e. The van der Waals surface area contributed by atoms with Crippen molar-refractivity contribution in [3.8, 4) is 0 Å². The topological polar surface area (TPSA) is 74.1 Å². The zero-order valence-electron chi connectivity index (χ0n) is 11.2. The van der Waals surface area contributed by atoms with E-state index >= 15 is 0 Å². The molecule has 1 aromatic rings. The smallest absolute Gasteiger partial charge is 0.209 e. The van der Waals surface area contributed by atoms with Gasteiger partial charge < -0.3 is 14.8 Å². The highest BCUT2D eigenvalue weighted by molar-refractivity contribution is 7.99. The van der Waals surface area contributed by atoms with Gasteiger partial charge in [0.15, 0.2) is 0 Å². The van der Waals surface area contributed by atoms with E-state index in [4.69, 9.17) is 9.47 Å². The summed E-state index contributed by atoms with van der Waals surface area (Å²) in [6.07, 6.45) is 2.15. The average molecular weight is 287 g/mol. The number of thioether (sulfide) groups is 1. The van der Waals surface area contributed by atoms with Crippen LogP contribution >= 0.6 is 11.8 Å². The van der Waals surface area contributed by atoms with Gasteiger partial charge in [-0.3, -0.25) is 0 Å². The van der Waals surface area contributed by atoms with Crippen LogP contribution in [0.2, 0.25) is 0 Å². The third-order valence-electron chi connectivity index (χ3n) is 2.92. The molecule has 1 aromatic heterocycles. The Morgan fingerprint density at radius 1 is 1.42 bits per heavy atom. The van der Waals surface area contributed by atoms with E-state index in [0.29, 0.717) is 5.25 Å². The molecule has 1 N–H and O–H groups in total. The summed E-state index contributed by atoms with van der Waals surface area (Å²) in [6, 6.07) is 0. The minimum Gasteiger partial charge on any atom is -0.383 e. The highest BCUT2D eigenvalue weighted by Crippen LogP contribution is 2.27. The second-order valence-corrected chi connectivity index (χ2v) is 5.62. The van der Waals surface area contributed by atoms with Crippen LogP contribution in [0.3, 0.4) is 0 Å². The first kappa shape index (κ1) is 14.7.